The van der Waals surface area contributed by atoms with Crippen LogP contribution in [0.2, 0.25) is 0 Å². The van der Waals surface area contributed by atoms with Crippen LogP contribution >= 0.6 is 11.3 Å². The van der Waals surface area contributed by atoms with Gasteiger partial charge in [0.05, 0.1) is 0 Å². The van der Waals surface area contributed by atoms with Gasteiger partial charge in [0, 0.05) is 36.9 Å². The highest BCUT2D eigenvalue weighted by atomic mass is 32.1. The number of rotatable bonds is 5. The molecule has 2 heterocycles. The Labute approximate surface area is 276 Å². The number of fused-ring (bicyclic) bond motifs is 4. The Morgan fingerprint density at radius 1 is 0.298 bits per heavy atom. The molecule has 47 heavy (non-hydrogen) atoms. The summed E-state index contributed by atoms with van der Waals surface area (Å²) < 4.78 is 2.59. The molecule has 0 bridgehead atoms. The Kier molecular flexibility index (Phi) is 6.65. The van der Waals surface area contributed by atoms with E-state index in [1.165, 1.54) is 47.6 Å². The van der Waals surface area contributed by atoms with Crippen LogP contribution in [0, 0.1) is 0 Å². The second-order valence-electron chi connectivity index (χ2n) is 11.7. The highest BCUT2D eigenvalue weighted by Crippen LogP contribution is 2.39. The molecule has 220 valence electrons. The number of benzene rings is 7. The van der Waals surface area contributed by atoms with Gasteiger partial charge in [-0.3, -0.25) is 0 Å². The smallest absolute Gasteiger partial charge is 0.164 e. The van der Waals surface area contributed by atoms with Crippen molar-refractivity contribution in [3.8, 4) is 56.4 Å². The molecule has 0 saturated carbocycles. The highest BCUT2D eigenvalue weighted by molar-refractivity contribution is 7.25. The largest absolute Gasteiger partial charge is 0.208 e. The first-order valence-corrected chi connectivity index (χ1v) is 16.5. The monoisotopic (exact) mass is 617 g/mol. The number of thiophene rings is 1. The van der Waals surface area contributed by atoms with Crippen LogP contribution in [-0.2, 0) is 0 Å². The van der Waals surface area contributed by atoms with Gasteiger partial charge in [0.2, 0.25) is 0 Å². The minimum Gasteiger partial charge on any atom is -0.208 e. The Bertz CT molecular complexity index is 2500. The lowest BCUT2D eigenvalue weighted by Crippen LogP contribution is -2.00. The maximum absolute atomic E-state index is 4.89. The van der Waals surface area contributed by atoms with Gasteiger partial charge in [0.25, 0.3) is 0 Å². The van der Waals surface area contributed by atoms with E-state index in [1.807, 2.05) is 72.0 Å². The summed E-state index contributed by atoms with van der Waals surface area (Å²) in [5.41, 5.74) is 7.72. The van der Waals surface area contributed by atoms with Crippen LogP contribution in [0.25, 0.3) is 87.4 Å². The number of hydrogen-bond acceptors (Lipinski definition) is 4. The standard InChI is InChI=1S/C43H27N3S/c1-3-10-30(11-4-1)41-44-42(31-12-5-2-6-13-31)46-43(45-41)32-18-15-29(16-19-32)35-21-23-37-38-24-22-36(27-40(38)47-39(37)26-35)34-20-17-28-9-7-8-14-33(28)25-34/h1-27H. The van der Waals surface area contributed by atoms with E-state index in [9.17, 15) is 0 Å². The summed E-state index contributed by atoms with van der Waals surface area (Å²) in [5, 5.41) is 5.12. The van der Waals surface area contributed by atoms with E-state index < -0.39 is 0 Å². The van der Waals surface area contributed by atoms with E-state index in [1.54, 1.807) is 0 Å². The molecule has 0 fully saturated rings. The molecule has 0 spiro atoms. The fourth-order valence-corrected chi connectivity index (χ4v) is 7.44. The summed E-state index contributed by atoms with van der Waals surface area (Å²) in [5.74, 6) is 1.99. The van der Waals surface area contributed by atoms with E-state index in [0.717, 1.165) is 22.3 Å². The summed E-state index contributed by atoms with van der Waals surface area (Å²) in [7, 11) is 0. The summed E-state index contributed by atoms with van der Waals surface area (Å²) in [4.78, 5) is 14.6. The molecule has 0 radical (unpaired) electrons. The summed E-state index contributed by atoms with van der Waals surface area (Å²) in [6.45, 7) is 0. The van der Waals surface area contributed by atoms with E-state index >= 15 is 0 Å². The van der Waals surface area contributed by atoms with E-state index in [-0.39, 0.29) is 0 Å². The molecule has 0 unspecified atom stereocenters. The Morgan fingerprint density at radius 2 is 0.702 bits per heavy atom. The molecular formula is C43H27N3S. The molecule has 0 aliphatic carbocycles. The van der Waals surface area contributed by atoms with Gasteiger partial charge in [-0.1, -0.05) is 146 Å². The topological polar surface area (TPSA) is 38.7 Å². The van der Waals surface area contributed by atoms with Crippen molar-refractivity contribution in [2.24, 2.45) is 0 Å². The fourth-order valence-electron chi connectivity index (χ4n) is 6.25. The minimum absolute atomic E-state index is 0.659. The predicted octanol–water partition coefficient (Wildman–Crippen LogP) is 11.7. The molecule has 0 saturated heterocycles. The molecule has 2 aromatic heterocycles. The molecule has 0 amide bonds. The second kappa shape index (κ2) is 11.4. The summed E-state index contributed by atoms with van der Waals surface area (Å²) in [6, 6.07) is 57.6. The third-order valence-electron chi connectivity index (χ3n) is 8.73. The van der Waals surface area contributed by atoms with Crippen molar-refractivity contribution in [2.45, 2.75) is 0 Å². The normalized spacial score (nSPS) is 11.4. The average Bonchev–Trinajstić information content (AvgIpc) is 3.52. The van der Waals surface area contributed by atoms with Crippen LogP contribution in [0.15, 0.2) is 164 Å². The van der Waals surface area contributed by atoms with Gasteiger partial charge in [-0.2, -0.15) is 0 Å². The molecule has 9 aromatic rings. The number of hydrogen-bond donors (Lipinski definition) is 0. The third-order valence-corrected chi connectivity index (χ3v) is 9.85. The lowest BCUT2D eigenvalue weighted by molar-refractivity contribution is 1.07. The van der Waals surface area contributed by atoms with Crippen LogP contribution in [0.4, 0.5) is 0 Å². The van der Waals surface area contributed by atoms with Crippen molar-refractivity contribution < 1.29 is 0 Å². The van der Waals surface area contributed by atoms with Crippen molar-refractivity contribution >= 4 is 42.3 Å². The number of aromatic nitrogens is 3. The lowest BCUT2D eigenvalue weighted by Gasteiger charge is -2.09. The van der Waals surface area contributed by atoms with Crippen molar-refractivity contribution in [2.75, 3.05) is 0 Å². The van der Waals surface area contributed by atoms with Crippen molar-refractivity contribution in [1.82, 2.24) is 15.0 Å². The molecular weight excluding hydrogens is 591 g/mol. The molecule has 0 N–H and O–H groups in total. The van der Waals surface area contributed by atoms with Gasteiger partial charge in [-0.15, -0.1) is 11.3 Å². The third kappa shape index (κ3) is 5.15. The first-order chi connectivity index (χ1) is 23.2. The zero-order valence-corrected chi connectivity index (χ0v) is 26.2. The van der Waals surface area contributed by atoms with Crippen LogP contribution in [0.1, 0.15) is 0 Å². The van der Waals surface area contributed by atoms with Gasteiger partial charge in [-0.25, -0.2) is 15.0 Å². The molecule has 0 aliphatic heterocycles. The second-order valence-corrected chi connectivity index (χ2v) is 12.8. The summed E-state index contributed by atoms with van der Waals surface area (Å²) >= 11 is 1.86. The molecule has 7 aromatic carbocycles. The SMILES string of the molecule is c1ccc(-c2nc(-c3ccccc3)nc(-c3ccc(-c4ccc5c(c4)sc4cc(-c6ccc7ccccc7c6)ccc45)cc3)n2)cc1. The minimum atomic E-state index is 0.659. The molecule has 0 atom stereocenters. The maximum atomic E-state index is 4.89. The van der Waals surface area contributed by atoms with Crippen LogP contribution in [-0.4, -0.2) is 15.0 Å². The molecule has 3 nitrogen and oxygen atoms in total. The Morgan fingerprint density at radius 3 is 1.28 bits per heavy atom. The van der Waals surface area contributed by atoms with Gasteiger partial charge < -0.3 is 0 Å². The molecule has 9 rings (SSSR count). The van der Waals surface area contributed by atoms with Gasteiger partial charge >= 0.3 is 0 Å². The zero-order chi connectivity index (χ0) is 31.2. The van der Waals surface area contributed by atoms with Crippen molar-refractivity contribution in [3.63, 3.8) is 0 Å². The first kappa shape index (κ1) is 27.3. The summed E-state index contributed by atoms with van der Waals surface area (Å²) in [6.07, 6.45) is 0. The molecule has 0 aliphatic rings. The predicted molar refractivity (Wildman–Crippen MR) is 197 cm³/mol. The fraction of sp³-hybridized carbons (Fsp3) is 0. The lowest BCUT2D eigenvalue weighted by atomic mass is 9.99. The van der Waals surface area contributed by atoms with Gasteiger partial charge in [-0.05, 0) is 51.2 Å². The van der Waals surface area contributed by atoms with Gasteiger partial charge in [0.1, 0.15) is 0 Å². The Balaban J connectivity index is 1.06. The Hall–Kier alpha value is -5.97. The van der Waals surface area contributed by atoms with Crippen LogP contribution < -0.4 is 0 Å². The van der Waals surface area contributed by atoms with Crippen molar-refractivity contribution in [1.29, 1.82) is 0 Å². The quantitative estimate of drug-likeness (QED) is 0.193. The first-order valence-electron chi connectivity index (χ1n) is 15.7. The van der Waals surface area contributed by atoms with Crippen LogP contribution in [0.5, 0.6) is 0 Å². The van der Waals surface area contributed by atoms with E-state index in [2.05, 4.69) is 103 Å². The van der Waals surface area contributed by atoms with E-state index in [0.29, 0.717) is 17.5 Å². The molecule has 4 heteroatoms. The van der Waals surface area contributed by atoms with Gasteiger partial charge in [0.15, 0.2) is 17.5 Å². The zero-order valence-electron chi connectivity index (χ0n) is 25.3. The van der Waals surface area contributed by atoms with Crippen LogP contribution in [0.3, 0.4) is 0 Å². The van der Waals surface area contributed by atoms with Crippen molar-refractivity contribution in [3.05, 3.63) is 164 Å². The maximum Gasteiger partial charge on any atom is 0.164 e. The van der Waals surface area contributed by atoms with E-state index in [4.69, 9.17) is 15.0 Å². The highest BCUT2D eigenvalue weighted by Gasteiger charge is 2.13. The average molecular weight is 618 g/mol. The number of nitrogens with zero attached hydrogens (tertiary/aromatic N) is 3.